The lowest BCUT2D eigenvalue weighted by atomic mass is 10.2. The Labute approximate surface area is 122 Å². The highest BCUT2D eigenvalue weighted by Crippen LogP contribution is 2.17. The van der Waals surface area contributed by atoms with E-state index in [9.17, 15) is 4.79 Å². The average Bonchev–Trinajstić information content (AvgIpc) is 2.88. The molecule has 112 valence electrons. The molecule has 1 saturated heterocycles. The number of nitrogen functional groups attached to an aromatic ring is 1. The van der Waals surface area contributed by atoms with Crippen LogP contribution in [0.25, 0.3) is 11.0 Å². The molecule has 7 nitrogen and oxygen atoms in total. The number of nitrogens with two attached hydrogens (primary N) is 1. The summed E-state index contributed by atoms with van der Waals surface area (Å²) in [6.45, 7) is 2.32. The van der Waals surface area contributed by atoms with Crippen LogP contribution in [0.2, 0.25) is 0 Å². The van der Waals surface area contributed by atoms with Gasteiger partial charge in [-0.05, 0) is 18.2 Å². The zero-order valence-electron chi connectivity index (χ0n) is 11.9. The third-order valence-corrected chi connectivity index (χ3v) is 3.70. The monoisotopic (exact) mass is 289 g/mol. The van der Waals surface area contributed by atoms with E-state index in [2.05, 4.69) is 20.2 Å². The van der Waals surface area contributed by atoms with E-state index < -0.39 is 0 Å². The van der Waals surface area contributed by atoms with Crippen molar-refractivity contribution >= 4 is 22.6 Å². The van der Waals surface area contributed by atoms with E-state index in [1.807, 2.05) is 18.2 Å². The fourth-order valence-corrected chi connectivity index (χ4v) is 2.58. The minimum Gasteiger partial charge on any atom is -0.399 e. The number of hydrogen-bond acceptors (Lipinski definition) is 5. The predicted molar refractivity (Wildman–Crippen MR) is 79.6 cm³/mol. The van der Waals surface area contributed by atoms with Crippen molar-refractivity contribution in [1.29, 1.82) is 0 Å². The molecule has 1 unspecified atom stereocenters. The largest absolute Gasteiger partial charge is 0.399 e. The Hall–Kier alpha value is -2.12. The highest BCUT2D eigenvalue weighted by Gasteiger charge is 2.29. The standard InChI is InChI=1S/C14H19N5O2/c1-16-14(20)12-8-21-5-4-19(12)7-13-17-10-3-2-9(15)6-11(10)18-13/h2-3,6,12H,4-5,7-8,15H2,1H3,(H,16,20)(H,17,18). The number of amides is 1. The molecule has 2 aromatic rings. The van der Waals surface area contributed by atoms with E-state index in [0.717, 1.165) is 16.9 Å². The quantitative estimate of drug-likeness (QED) is 0.696. The summed E-state index contributed by atoms with van der Waals surface area (Å²) in [5.41, 5.74) is 8.26. The number of rotatable bonds is 3. The summed E-state index contributed by atoms with van der Waals surface area (Å²) in [5.74, 6) is 0.793. The SMILES string of the molecule is CNC(=O)C1COCCN1Cc1nc2ccc(N)cc2[nH]1. The van der Waals surface area contributed by atoms with E-state index in [0.29, 0.717) is 32.0 Å². The molecule has 1 aliphatic heterocycles. The number of imidazole rings is 1. The number of anilines is 1. The van der Waals surface area contributed by atoms with Crippen LogP contribution in [0.5, 0.6) is 0 Å². The third kappa shape index (κ3) is 2.84. The predicted octanol–water partition coefficient (Wildman–Crippen LogP) is 0.0919. The van der Waals surface area contributed by atoms with Gasteiger partial charge < -0.3 is 20.8 Å². The highest BCUT2D eigenvalue weighted by atomic mass is 16.5. The molecule has 0 radical (unpaired) electrons. The first-order valence-electron chi connectivity index (χ1n) is 6.95. The van der Waals surface area contributed by atoms with Crippen LogP contribution in [0.3, 0.4) is 0 Å². The number of fused-ring (bicyclic) bond motifs is 1. The van der Waals surface area contributed by atoms with Crippen molar-refractivity contribution < 1.29 is 9.53 Å². The summed E-state index contributed by atoms with van der Waals surface area (Å²) in [6, 6.07) is 5.30. The molecule has 1 aromatic carbocycles. The lowest BCUT2D eigenvalue weighted by molar-refractivity contribution is -0.132. The maximum absolute atomic E-state index is 11.9. The fraction of sp³-hybridized carbons (Fsp3) is 0.429. The Bertz CT molecular complexity index is 654. The minimum absolute atomic E-state index is 0.0324. The number of carbonyl (C=O) groups is 1. The zero-order valence-corrected chi connectivity index (χ0v) is 11.9. The van der Waals surface area contributed by atoms with Gasteiger partial charge in [0.2, 0.25) is 5.91 Å². The molecular formula is C14H19N5O2. The first kappa shape index (κ1) is 13.8. The molecular weight excluding hydrogens is 270 g/mol. The normalized spacial score (nSPS) is 19.8. The number of aromatic amines is 1. The van der Waals surface area contributed by atoms with Gasteiger partial charge in [0.25, 0.3) is 0 Å². The molecule has 1 aromatic heterocycles. The molecule has 0 spiro atoms. The molecule has 1 fully saturated rings. The first-order chi connectivity index (χ1) is 10.2. The van der Waals surface area contributed by atoms with E-state index in [4.69, 9.17) is 10.5 Å². The van der Waals surface area contributed by atoms with Crippen molar-refractivity contribution in [3.63, 3.8) is 0 Å². The second-order valence-electron chi connectivity index (χ2n) is 5.14. The second-order valence-corrected chi connectivity index (χ2v) is 5.14. The van der Waals surface area contributed by atoms with Crippen LogP contribution in [0, 0.1) is 0 Å². The summed E-state index contributed by atoms with van der Waals surface area (Å²) in [7, 11) is 1.64. The number of H-pyrrole nitrogens is 1. The van der Waals surface area contributed by atoms with Crippen LogP contribution in [0.4, 0.5) is 5.69 Å². The van der Waals surface area contributed by atoms with Gasteiger partial charge >= 0.3 is 0 Å². The molecule has 0 aliphatic carbocycles. The number of ether oxygens (including phenoxy) is 1. The number of nitrogens with one attached hydrogen (secondary N) is 2. The number of carbonyl (C=O) groups excluding carboxylic acids is 1. The second kappa shape index (κ2) is 5.71. The summed E-state index contributed by atoms with van der Waals surface area (Å²) in [4.78, 5) is 21.8. The third-order valence-electron chi connectivity index (χ3n) is 3.70. The maximum Gasteiger partial charge on any atom is 0.239 e. The minimum atomic E-state index is -0.276. The van der Waals surface area contributed by atoms with Crippen LogP contribution in [0.15, 0.2) is 18.2 Å². The first-order valence-corrected chi connectivity index (χ1v) is 6.95. The van der Waals surface area contributed by atoms with Gasteiger partial charge in [-0.2, -0.15) is 0 Å². The van der Waals surface area contributed by atoms with Gasteiger partial charge in [0.1, 0.15) is 11.9 Å². The van der Waals surface area contributed by atoms with Crippen molar-refractivity contribution in [2.75, 3.05) is 32.5 Å². The number of nitrogens with zero attached hydrogens (tertiary/aromatic N) is 2. The van der Waals surface area contributed by atoms with Crippen LogP contribution in [-0.2, 0) is 16.1 Å². The smallest absolute Gasteiger partial charge is 0.239 e. The highest BCUT2D eigenvalue weighted by molar-refractivity contribution is 5.81. The van der Waals surface area contributed by atoms with Crippen molar-refractivity contribution in [1.82, 2.24) is 20.2 Å². The van der Waals surface area contributed by atoms with Crippen molar-refractivity contribution in [2.45, 2.75) is 12.6 Å². The van der Waals surface area contributed by atoms with Crippen LogP contribution in [0.1, 0.15) is 5.82 Å². The van der Waals surface area contributed by atoms with Gasteiger partial charge in [0, 0.05) is 19.3 Å². The molecule has 3 rings (SSSR count). The van der Waals surface area contributed by atoms with Crippen LogP contribution >= 0.6 is 0 Å². The molecule has 1 atom stereocenters. The van der Waals surface area contributed by atoms with E-state index in [-0.39, 0.29) is 11.9 Å². The van der Waals surface area contributed by atoms with Gasteiger partial charge in [-0.15, -0.1) is 0 Å². The Morgan fingerprint density at radius 2 is 2.48 bits per heavy atom. The van der Waals surface area contributed by atoms with Crippen molar-refractivity contribution in [2.24, 2.45) is 0 Å². The summed E-state index contributed by atoms with van der Waals surface area (Å²) >= 11 is 0. The molecule has 7 heteroatoms. The Morgan fingerprint density at radius 1 is 1.62 bits per heavy atom. The van der Waals surface area contributed by atoms with E-state index in [1.54, 1.807) is 7.05 Å². The lowest BCUT2D eigenvalue weighted by Gasteiger charge is -2.33. The summed E-state index contributed by atoms with van der Waals surface area (Å²) < 4.78 is 5.40. The topological polar surface area (TPSA) is 96.3 Å². The van der Waals surface area contributed by atoms with E-state index >= 15 is 0 Å². The van der Waals surface area contributed by atoms with Gasteiger partial charge in [-0.3, -0.25) is 9.69 Å². The molecule has 0 bridgehead atoms. The molecule has 21 heavy (non-hydrogen) atoms. The van der Waals surface area contributed by atoms with Gasteiger partial charge in [0.15, 0.2) is 0 Å². The summed E-state index contributed by atoms with van der Waals surface area (Å²) in [6.07, 6.45) is 0. The van der Waals surface area contributed by atoms with Gasteiger partial charge in [-0.25, -0.2) is 4.98 Å². The molecule has 1 amide bonds. The Balaban J connectivity index is 1.80. The number of likely N-dealkylation sites (N-methyl/N-ethyl adjacent to an activating group) is 1. The molecule has 1 aliphatic rings. The number of hydrogen-bond donors (Lipinski definition) is 3. The van der Waals surface area contributed by atoms with Crippen molar-refractivity contribution in [3.05, 3.63) is 24.0 Å². The van der Waals surface area contributed by atoms with Crippen LogP contribution < -0.4 is 11.1 Å². The van der Waals surface area contributed by atoms with Gasteiger partial charge in [-0.1, -0.05) is 0 Å². The molecule has 4 N–H and O–H groups in total. The lowest BCUT2D eigenvalue weighted by Crippen LogP contribution is -2.52. The van der Waals surface area contributed by atoms with E-state index in [1.165, 1.54) is 0 Å². The van der Waals surface area contributed by atoms with Crippen LogP contribution in [-0.4, -0.2) is 53.6 Å². The molecule has 2 heterocycles. The average molecular weight is 289 g/mol. The number of morpholine rings is 1. The Morgan fingerprint density at radius 3 is 3.29 bits per heavy atom. The summed E-state index contributed by atoms with van der Waals surface area (Å²) in [5, 5.41) is 2.68. The van der Waals surface area contributed by atoms with Gasteiger partial charge in [0.05, 0.1) is 30.8 Å². The number of benzene rings is 1. The molecule has 0 saturated carbocycles. The Kier molecular flexibility index (Phi) is 3.76. The number of aromatic nitrogens is 2. The van der Waals surface area contributed by atoms with Crippen molar-refractivity contribution in [3.8, 4) is 0 Å². The fourth-order valence-electron chi connectivity index (χ4n) is 2.58. The maximum atomic E-state index is 11.9. The zero-order chi connectivity index (χ0) is 14.8.